The number of ether oxygens (including phenoxy) is 3. The molecule has 0 aromatic heterocycles. The summed E-state index contributed by atoms with van der Waals surface area (Å²) >= 11 is 0. The van der Waals surface area contributed by atoms with Crippen LogP contribution in [0.1, 0.15) is 26.2 Å². The Morgan fingerprint density at radius 2 is 2.06 bits per heavy atom. The summed E-state index contributed by atoms with van der Waals surface area (Å²) in [5.41, 5.74) is 0. The zero-order chi connectivity index (χ0) is 12.5. The Hall–Kier alpha value is -1.42. The van der Waals surface area contributed by atoms with Gasteiger partial charge in [-0.05, 0) is 37.3 Å². The number of benzene rings is 1. The van der Waals surface area contributed by atoms with Gasteiger partial charge in [0.1, 0.15) is 11.9 Å². The third-order valence-corrected chi connectivity index (χ3v) is 3.65. The van der Waals surface area contributed by atoms with Gasteiger partial charge in [-0.15, -0.1) is 0 Å². The van der Waals surface area contributed by atoms with Crippen LogP contribution in [0.2, 0.25) is 0 Å². The highest BCUT2D eigenvalue weighted by Crippen LogP contribution is 2.36. The van der Waals surface area contributed by atoms with Gasteiger partial charge in [0.05, 0.1) is 6.10 Å². The number of hydrogen-bond acceptors (Lipinski definition) is 4. The van der Waals surface area contributed by atoms with Crippen molar-refractivity contribution in [2.24, 2.45) is 5.92 Å². The largest absolute Gasteiger partial charge is 0.488 e. The Labute approximate surface area is 106 Å². The lowest BCUT2D eigenvalue weighted by Gasteiger charge is -2.31. The molecule has 3 rings (SSSR count). The molecule has 1 fully saturated rings. The van der Waals surface area contributed by atoms with E-state index in [0.717, 1.165) is 30.8 Å². The van der Waals surface area contributed by atoms with Crippen LogP contribution in [0.25, 0.3) is 0 Å². The lowest BCUT2D eigenvalue weighted by atomic mass is 9.86. The highest BCUT2D eigenvalue weighted by Gasteiger charge is 2.28. The molecule has 1 N–H and O–H groups in total. The summed E-state index contributed by atoms with van der Waals surface area (Å²) in [6.07, 6.45) is 2.33. The zero-order valence-corrected chi connectivity index (χ0v) is 10.5. The van der Waals surface area contributed by atoms with Crippen LogP contribution < -0.4 is 14.2 Å². The van der Waals surface area contributed by atoms with E-state index < -0.39 is 0 Å². The second-order valence-electron chi connectivity index (χ2n) is 5.16. The summed E-state index contributed by atoms with van der Waals surface area (Å²) in [7, 11) is 0. The molecule has 2 aliphatic rings. The Kier molecular flexibility index (Phi) is 3.04. The zero-order valence-electron chi connectivity index (χ0n) is 10.5. The third-order valence-electron chi connectivity index (χ3n) is 3.65. The number of hydrogen-bond donors (Lipinski definition) is 1. The molecule has 4 nitrogen and oxygen atoms in total. The Bertz CT molecular complexity index is 432. The monoisotopic (exact) mass is 250 g/mol. The maximum absolute atomic E-state index is 10.0. The maximum atomic E-state index is 10.0. The number of aliphatic hydroxyl groups is 1. The third kappa shape index (κ3) is 2.25. The van der Waals surface area contributed by atoms with Gasteiger partial charge in [0.15, 0.2) is 11.5 Å². The average Bonchev–Trinajstić information content (AvgIpc) is 2.80. The van der Waals surface area contributed by atoms with Crippen molar-refractivity contribution < 1.29 is 19.3 Å². The fourth-order valence-electron chi connectivity index (χ4n) is 2.59. The van der Waals surface area contributed by atoms with Crippen LogP contribution >= 0.6 is 0 Å². The SMILES string of the molecule is C[C@H]1CC[C@@H](Oc2ccc3c(c2)OCO3)[C@H](O)C1. The minimum absolute atomic E-state index is 0.110. The van der Waals surface area contributed by atoms with Crippen molar-refractivity contribution in [1.29, 1.82) is 0 Å². The van der Waals surface area contributed by atoms with E-state index in [1.54, 1.807) is 0 Å². The van der Waals surface area contributed by atoms with Crippen molar-refractivity contribution in [1.82, 2.24) is 0 Å². The lowest BCUT2D eigenvalue weighted by Crippen LogP contribution is -2.37. The molecule has 0 bridgehead atoms. The summed E-state index contributed by atoms with van der Waals surface area (Å²) in [6.45, 7) is 2.43. The minimum Gasteiger partial charge on any atom is -0.488 e. The second kappa shape index (κ2) is 4.69. The first-order chi connectivity index (χ1) is 8.72. The van der Waals surface area contributed by atoms with E-state index in [-0.39, 0.29) is 19.0 Å². The van der Waals surface area contributed by atoms with Crippen molar-refractivity contribution in [2.75, 3.05) is 6.79 Å². The number of rotatable bonds is 2. The van der Waals surface area contributed by atoms with E-state index in [2.05, 4.69) is 6.92 Å². The molecule has 0 amide bonds. The van der Waals surface area contributed by atoms with E-state index in [1.807, 2.05) is 18.2 Å². The molecule has 1 aromatic carbocycles. The number of fused-ring (bicyclic) bond motifs is 1. The van der Waals surface area contributed by atoms with Crippen LogP contribution in [-0.4, -0.2) is 24.1 Å². The Morgan fingerprint density at radius 1 is 1.22 bits per heavy atom. The van der Waals surface area contributed by atoms with Crippen LogP contribution in [0, 0.1) is 5.92 Å². The molecule has 0 unspecified atom stereocenters. The van der Waals surface area contributed by atoms with Crippen molar-refractivity contribution in [3.05, 3.63) is 18.2 Å². The molecule has 1 aromatic rings. The predicted molar refractivity (Wildman–Crippen MR) is 66.0 cm³/mol. The highest BCUT2D eigenvalue weighted by atomic mass is 16.7. The van der Waals surface area contributed by atoms with Gasteiger partial charge in [-0.25, -0.2) is 0 Å². The lowest BCUT2D eigenvalue weighted by molar-refractivity contribution is -0.00804. The van der Waals surface area contributed by atoms with E-state index in [0.29, 0.717) is 11.7 Å². The van der Waals surface area contributed by atoms with Gasteiger partial charge in [-0.2, -0.15) is 0 Å². The van der Waals surface area contributed by atoms with Crippen molar-refractivity contribution in [2.45, 2.75) is 38.4 Å². The first-order valence-electron chi connectivity index (χ1n) is 6.47. The van der Waals surface area contributed by atoms with Gasteiger partial charge in [0.2, 0.25) is 6.79 Å². The molecule has 0 saturated heterocycles. The molecule has 98 valence electrons. The molecule has 1 aliphatic carbocycles. The molecule has 0 radical (unpaired) electrons. The molecular weight excluding hydrogens is 232 g/mol. The molecule has 0 spiro atoms. The minimum atomic E-state index is -0.376. The summed E-state index contributed by atoms with van der Waals surface area (Å²) in [5, 5.41) is 10.0. The topological polar surface area (TPSA) is 47.9 Å². The molecule has 1 aliphatic heterocycles. The summed E-state index contributed by atoms with van der Waals surface area (Å²) in [6, 6.07) is 5.53. The molecule has 3 atom stereocenters. The average molecular weight is 250 g/mol. The Morgan fingerprint density at radius 3 is 2.89 bits per heavy atom. The first kappa shape index (κ1) is 11.7. The fourth-order valence-corrected chi connectivity index (χ4v) is 2.59. The molecule has 1 saturated carbocycles. The van der Waals surface area contributed by atoms with E-state index >= 15 is 0 Å². The molecule has 4 heteroatoms. The van der Waals surface area contributed by atoms with Crippen LogP contribution in [0.15, 0.2) is 18.2 Å². The van der Waals surface area contributed by atoms with Gasteiger partial charge in [0, 0.05) is 6.07 Å². The molecular formula is C14H18O4. The summed E-state index contributed by atoms with van der Waals surface area (Å²) < 4.78 is 16.4. The number of aliphatic hydroxyl groups excluding tert-OH is 1. The van der Waals surface area contributed by atoms with Crippen molar-refractivity contribution in [3.63, 3.8) is 0 Å². The highest BCUT2D eigenvalue weighted by molar-refractivity contribution is 5.46. The van der Waals surface area contributed by atoms with Gasteiger partial charge in [-0.1, -0.05) is 6.92 Å². The predicted octanol–water partition coefficient (Wildman–Crippen LogP) is 2.34. The molecule has 18 heavy (non-hydrogen) atoms. The van der Waals surface area contributed by atoms with Crippen LogP contribution in [0.5, 0.6) is 17.2 Å². The van der Waals surface area contributed by atoms with Crippen LogP contribution in [0.4, 0.5) is 0 Å². The van der Waals surface area contributed by atoms with E-state index in [4.69, 9.17) is 14.2 Å². The van der Waals surface area contributed by atoms with Crippen LogP contribution in [0.3, 0.4) is 0 Å². The normalized spacial score (nSPS) is 30.2. The van der Waals surface area contributed by atoms with E-state index in [1.165, 1.54) is 0 Å². The second-order valence-corrected chi connectivity index (χ2v) is 5.16. The van der Waals surface area contributed by atoms with E-state index in [9.17, 15) is 5.11 Å². The van der Waals surface area contributed by atoms with Gasteiger partial charge in [-0.3, -0.25) is 0 Å². The van der Waals surface area contributed by atoms with Gasteiger partial charge >= 0.3 is 0 Å². The maximum Gasteiger partial charge on any atom is 0.231 e. The summed E-state index contributed by atoms with van der Waals surface area (Å²) in [4.78, 5) is 0. The standard InChI is InChI=1S/C14H18O4/c1-9-2-4-12(11(15)6-9)18-10-3-5-13-14(7-10)17-8-16-13/h3,5,7,9,11-12,15H,2,4,6,8H2,1H3/t9-,11+,12+/m0/s1. The fraction of sp³-hybridized carbons (Fsp3) is 0.571. The van der Waals surface area contributed by atoms with Gasteiger partial charge in [0.25, 0.3) is 0 Å². The smallest absolute Gasteiger partial charge is 0.231 e. The van der Waals surface area contributed by atoms with Gasteiger partial charge < -0.3 is 19.3 Å². The van der Waals surface area contributed by atoms with Crippen molar-refractivity contribution in [3.8, 4) is 17.2 Å². The molecule has 1 heterocycles. The Balaban J connectivity index is 1.69. The first-order valence-corrected chi connectivity index (χ1v) is 6.47. The summed E-state index contributed by atoms with van der Waals surface area (Å²) in [5.74, 6) is 2.78. The van der Waals surface area contributed by atoms with Crippen LogP contribution in [-0.2, 0) is 0 Å². The quantitative estimate of drug-likeness (QED) is 0.875. The van der Waals surface area contributed by atoms with Crippen molar-refractivity contribution >= 4 is 0 Å².